The minimum Gasteiger partial charge on any atom is -0.493 e. The van der Waals surface area contributed by atoms with Gasteiger partial charge in [0, 0.05) is 18.9 Å². The summed E-state index contributed by atoms with van der Waals surface area (Å²) in [5.74, 6) is 1.74. The highest BCUT2D eigenvalue weighted by Gasteiger charge is 2.09. The molecule has 0 saturated carbocycles. The summed E-state index contributed by atoms with van der Waals surface area (Å²) in [5, 5.41) is 6.79. The Bertz CT molecular complexity index is 841. The van der Waals surface area contributed by atoms with Crippen molar-refractivity contribution in [1.29, 1.82) is 0 Å². The lowest BCUT2D eigenvalue weighted by Crippen LogP contribution is -2.10. The van der Waals surface area contributed by atoms with Crippen LogP contribution < -0.4 is 14.8 Å². The zero-order valence-electron chi connectivity index (χ0n) is 13.4. The van der Waals surface area contributed by atoms with E-state index >= 15 is 0 Å². The van der Waals surface area contributed by atoms with Gasteiger partial charge in [-0.3, -0.25) is 9.48 Å². The first-order valence-electron chi connectivity index (χ1n) is 7.36. The molecule has 1 heterocycles. The van der Waals surface area contributed by atoms with Gasteiger partial charge in [-0.05, 0) is 36.4 Å². The average Bonchev–Trinajstić information content (AvgIpc) is 3.04. The molecule has 1 aromatic heterocycles. The molecule has 122 valence electrons. The lowest BCUT2D eigenvalue weighted by Gasteiger charge is -2.10. The predicted octanol–water partition coefficient (Wildman–Crippen LogP) is 3.47. The number of rotatable bonds is 5. The number of methoxy groups -OCH3 is 1. The number of anilines is 1. The number of benzene rings is 2. The van der Waals surface area contributed by atoms with Crippen LogP contribution in [0.15, 0.2) is 60.9 Å². The number of ether oxygens (including phenoxy) is 2. The van der Waals surface area contributed by atoms with E-state index in [9.17, 15) is 4.79 Å². The molecule has 24 heavy (non-hydrogen) atoms. The smallest absolute Gasteiger partial charge is 0.258 e. The summed E-state index contributed by atoms with van der Waals surface area (Å²) in [6, 6.07) is 14.5. The van der Waals surface area contributed by atoms with Gasteiger partial charge in [0.05, 0.1) is 18.9 Å². The van der Waals surface area contributed by atoms with Crippen molar-refractivity contribution in [3.8, 4) is 17.2 Å². The van der Waals surface area contributed by atoms with Crippen molar-refractivity contribution in [2.24, 2.45) is 7.05 Å². The Balaban J connectivity index is 1.68. The van der Waals surface area contributed by atoms with E-state index in [1.807, 2.05) is 24.3 Å². The van der Waals surface area contributed by atoms with Crippen LogP contribution in [0.5, 0.6) is 17.2 Å². The van der Waals surface area contributed by atoms with Crippen LogP contribution in [0.1, 0.15) is 10.4 Å². The van der Waals surface area contributed by atoms with E-state index in [4.69, 9.17) is 9.47 Å². The van der Waals surface area contributed by atoms with Crippen LogP contribution >= 0.6 is 0 Å². The zero-order valence-corrected chi connectivity index (χ0v) is 13.4. The molecular formula is C18H17N3O3. The molecular weight excluding hydrogens is 306 g/mol. The molecule has 0 aliphatic carbocycles. The summed E-state index contributed by atoms with van der Waals surface area (Å²) in [7, 11) is 3.36. The van der Waals surface area contributed by atoms with Crippen LogP contribution in [0, 0.1) is 0 Å². The fourth-order valence-corrected chi connectivity index (χ4v) is 2.18. The maximum atomic E-state index is 12.1. The summed E-state index contributed by atoms with van der Waals surface area (Å²) in [5.41, 5.74) is 1.18. The van der Waals surface area contributed by atoms with Gasteiger partial charge in [0.1, 0.15) is 5.75 Å². The third kappa shape index (κ3) is 3.55. The molecule has 0 aliphatic rings. The summed E-state index contributed by atoms with van der Waals surface area (Å²) in [6.07, 6.45) is 3.18. The second-order valence-electron chi connectivity index (χ2n) is 5.13. The lowest BCUT2D eigenvalue weighted by atomic mass is 10.2. The van der Waals surface area contributed by atoms with E-state index in [2.05, 4.69) is 10.4 Å². The van der Waals surface area contributed by atoms with E-state index in [1.54, 1.807) is 49.3 Å². The van der Waals surface area contributed by atoms with E-state index in [1.165, 1.54) is 6.20 Å². The third-order valence-corrected chi connectivity index (χ3v) is 3.38. The number of amides is 1. The summed E-state index contributed by atoms with van der Waals surface area (Å²) < 4.78 is 12.6. The van der Waals surface area contributed by atoms with E-state index < -0.39 is 0 Å². The SMILES string of the molecule is COc1ccccc1Oc1ccc(NC(=O)c2cnn(C)c2)cc1. The standard InChI is InChI=1S/C18H17N3O3/c1-21-12-13(11-19-21)18(22)20-14-7-9-15(10-8-14)24-17-6-4-3-5-16(17)23-2/h3-12H,1-2H3,(H,20,22). The molecule has 1 N–H and O–H groups in total. The van der Waals surface area contributed by atoms with Crippen molar-refractivity contribution in [2.45, 2.75) is 0 Å². The number of nitrogens with one attached hydrogen (secondary N) is 1. The second kappa shape index (κ2) is 6.87. The first kappa shape index (κ1) is 15.6. The first-order chi connectivity index (χ1) is 11.7. The Morgan fingerprint density at radius 1 is 1.08 bits per heavy atom. The Hall–Kier alpha value is -3.28. The van der Waals surface area contributed by atoms with Crippen molar-refractivity contribution in [3.63, 3.8) is 0 Å². The summed E-state index contributed by atoms with van der Waals surface area (Å²) >= 11 is 0. The minimum atomic E-state index is -0.207. The number of para-hydroxylation sites is 2. The summed E-state index contributed by atoms with van der Waals surface area (Å²) in [6.45, 7) is 0. The van der Waals surface area contributed by atoms with Gasteiger partial charge in [-0.25, -0.2) is 0 Å². The largest absolute Gasteiger partial charge is 0.493 e. The second-order valence-corrected chi connectivity index (χ2v) is 5.13. The first-order valence-corrected chi connectivity index (χ1v) is 7.36. The van der Waals surface area contributed by atoms with Gasteiger partial charge in [0.2, 0.25) is 0 Å². The third-order valence-electron chi connectivity index (χ3n) is 3.38. The topological polar surface area (TPSA) is 65.4 Å². The molecule has 0 atom stereocenters. The average molecular weight is 323 g/mol. The molecule has 1 amide bonds. The molecule has 6 nitrogen and oxygen atoms in total. The maximum absolute atomic E-state index is 12.1. The van der Waals surface area contributed by atoms with Gasteiger partial charge in [-0.1, -0.05) is 12.1 Å². The van der Waals surface area contributed by atoms with Crippen molar-refractivity contribution < 1.29 is 14.3 Å². The van der Waals surface area contributed by atoms with Gasteiger partial charge >= 0.3 is 0 Å². The number of aryl methyl sites for hydroxylation is 1. The monoisotopic (exact) mass is 323 g/mol. The molecule has 0 aliphatic heterocycles. The van der Waals surface area contributed by atoms with Crippen molar-refractivity contribution in [1.82, 2.24) is 9.78 Å². The van der Waals surface area contributed by atoms with Crippen LogP contribution in [-0.4, -0.2) is 22.8 Å². The fourth-order valence-electron chi connectivity index (χ4n) is 2.18. The number of hydrogen-bond acceptors (Lipinski definition) is 4. The molecule has 2 aromatic carbocycles. The Kier molecular flexibility index (Phi) is 4.47. The predicted molar refractivity (Wildman–Crippen MR) is 90.7 cm³/mol. The number of aromatic nitrogens is 2. The molecule has 0 radical (unpaired) electrons. The van der Waals surface area contributed by atoms with Gasteiger partial charge < -0.3 is 14.8 Å². The van der Waals surface area contributed by atoms with Crippen LogP contribution in [-0.2, 0) is 7.05 Å². The van der Waals surface area contributed by atoms with Gasteiger partial charge in [-0.15, -0.1) is 0 Å². The Labute approximate surface area is 139 Å². The molecule has 0 bridgehead atoms. The molecule has 0 fully saturated rings. The van der Waals surface area contributed by atoms with Crippen LogP contribution in [0.25, 0.3) is 0 Å². The Morgan fingerprint density at radius 2 is 1.79 bits per heavy atom. The lowest BCUT2D eigenvalue weighted by molar-refractivity contribution is 0.102. The molecule has 0 saturated heterocycles. The molecule has 3 rings (SSSR count). The fraction of sp³-hybridized carbons (Fsp3) is 0.111. The molecule has 3 aromatic rings. The molecule has 0 unspecified atom stereocenters. The highest BCUT2D eigenvalue weighted by Crippen LogP contribution is 2.31. The van der Waals surface area contributed by atoms with E-state index in [0.29, 0.717) is 28.5 Å². The number of carbonyl (C=O) groups is 1. The highest BCUT2D eigenvalue weighted by molar-refractivity contribution is 6.03. The Morgan fingerprint density at radius 3 is 2.42 bits per heavy atom. The van der Waals surface area contributed by atoms with Crippen LogP contribution in [0.2, 0.25) is 0 Å². The van der Waals surface area contributed by atoms with E-state index in [0.717, 1.165) is 0 Å². The van der Waals surface area contributed by atoms with E-state index in [-0.39, 0.29) is 5.91 Å². The number of carbonyl (C=O) groups excluding carboxylic acids is 1. The van der Waals surface area contributed by atoms with Crippen molar-refractivity contribution >= 4 is 11.6 Å². The van der Waals surface area contributed by atoms with Crippen LogP contribution in [0.4, 0.5) is 5.69 Å². The maximum Gasteiger partial charge on any atom is 0.258 e. The molecule has 6 heteroatoms. The summed E-state index contributed by atoms with van der Waals surface area (Å²) in [4.78, 5) is 12.1. The van der Waals surface area contributed by atoms with Gasteiger partial charge in [0.25, 0.3) is 5.91 Å². The molecule has 0 spiro atoms. The van der Waals surface area contributed by atoms with Crippen LogP contribution in [0.3, 0.4) is 0 Å². The zero-order chi connectivity index (χ0) is 16.9. The number of hydrogen-bond donors (Lipinski definition) is 1. The quantitative estimate of drug-likeness (QED) is 0.781. The van der Waals surface area contributed by atoms with Crippen molar-refractivity contribution in [2.75, 3.05) is 12.4 Å². The van der Waals surface area contributed by atoms with Gasteiger partial charge in [0.15, 0.2) is 11.5 Å². The minimum absolute atomic E-state index is 0.207. The van der Waals surface area contributed by atoms with Gasteiger partial charge in [-0.2, -0.15) is 5.10 Å². The van der Waals surface area contributed by atoms with Crippen molar-refractivity contribution in [3.05, 3.63) is 66.5 Å². The normalized spacial score (nSPS) is 10.2. The number of nitrogens with zero attached hydrogens (tertiary/aromatic N) is 2. The highest BCUT2D eigenvalue weighted by atomic mass is 16.5.